The summed E-state index contributed by atoms with van der Waals surface area (Å²) in [4.78, 5) is 31.5. The number of nitrogen functional groups attached to an aromatic ring is 1. The standard InChI is InChI=1S/C50H44N8O/c51-28-8-7-19-37(53)50(59)54-36-18-10-16-34(30-36)49-44-26-22-40(57-44)46(31-11-3-1-4-12-31)38-20-24-42(55-38)48(33-15-9-17-35(52)29-33)43-25-21-39(56-43)47(32-13-5-2-6-14-32)41-23-27-45(49)58-41/h1-6,9-18,20-27,29-30,37,55,58H,7-8,19,28,51-53H2,(H,54,59). The molecule has 4 aromatic carbocycles. The van der Waals surface area contributed by atoms with Crippen LogP contribution in [-0.2, 0) is 4.79 Å². The summed E-state index contributed by atoms with van der Waals surface area (Å²) in [6.45, 7) is 0.572. The molecule has 1 atom stereocenters. The van der Waals surface area contributed by atoms with Gasteiger partial charge in [0.05, 0.1) is 28.8 Å². The number of aromatic nitrogens is 4. The molecule has 2 aliphatic rings. The van der Waals surface area contributed by atoms with Gasteiger partial charge in [0.25, 0.3) is 0 Å². The van der Waals surface area contributed by atoms with E-state index in [1.807, 2.05) is 78.9 Å². The van der Waals surface area contributed by atoms with Gasteiger partial charge in [-0.05, 0) is 114 Å². The zero-order chi connectivity index (χ0) is 40.3. The van der Waals surface area contributed by atoms with Crippen LogP contribution in [0.3, 0.4) is 0 Å². The van der Waals surface area contributed by atoms with Crippen LogP contribution in [0.25, 0.3) is 90.9 Å². The highest BCUT2D eigenvalue weighted by Gasteiger charge is 2.20. The van der Waals surface area contributed by atoms with Gasteiger partial charge >= 0.3 is 0 Å². The second kappa shape index (κ2) is 16.3. The topological polar surface area (TPSA) is 165 Å². The number of nitrogens with two attached hydrogens (primary N) is 3. The second-order valence-corrected chi connectivity index (χ2v) is 14.8. The Labute approximate surface area is 342 Å². The summed E-state index contributed by atoms with van der Waals surface area (Å²) in [6.07, 6.45) is 10.5. The van der Waals surface area contributed by atoms with Gasteiger partial charge in [0.1, 0.15) is 0 Å². The molecule has 7 aromatic rings. The number of benzene rings is 4. The van der Waals surface area contributed by atoms with Crippen molar-refractivity contribution in [3.8, 4) is 44.5 Å². The summed E-state index contributed by atoms with van der Waals surface area (Å²) in [7, 11) is 0. The summed E-state index contributed by atoms with van der Waals surface area (Å²) in [6, 6.07) is 44.1. The van der Waals surface area contributed by atoms with Gasteiger partial charge in [-0.3, -0.25) is 4.79 Å². The largest absolute Gasteiger partial charge is 0.399 e. The number of aromatic amines is 2. The average Bonchev–Trinajstić information content (AvgIpc) is 4.10. The summed E-state index contributed by atoms with van der Waals surface area (Å²) in [5.74, 6) is -0.231. The smallest absolute Gasteiger partial charge is 0.241 e. The molecule has 59 heavy (non-hydrogen) atoms. The minimum atomic E-state index is -0.636. The summed E-state index contributed by atoms with van der Waals surface area (Å²) >= 11 is 0. The molecule has 0 aliphatic carbocycles. The van der Waals surface area contributed by atoms with Gasteiger partial charge < -0.3 is 32.5 Å². The van der Waals surface area contributed by atoms with Crippen LogP contribution in [0.4, 0.5) is 11.4 Å². The van der Waals surface area contributed by atoms with Gasteiger partial charge in [0.15, 0.2) is 0 Å². The summed E-state index contributed by atoms with van der Waals surface area (Å²) < 4.78 is 0. The number of hydrogen-bond donors (Lipinski definition) is 6. The van der Waals surface area contributed by atoms with Crippen LogP contribution < -0.4 is 22.5 Å². The van der Waals surface area contributed by atoms with Crippen LogP contribution in [0.15, 0.2) is 133 Å². The SMILES string of the molecule is NCCCCC(N)C(=O)Nc1cccc(-c2c3nc(c(-c4ccccc4)c4ccc([nH]4)c(-c4cccc(N)c4)c4nc(c(-c5ccccc5)c5ccc2[nH]5)C=C4)C=C3)c1. The van der Waals surface area contributed by atoms with Crippen molar-refractivity contribution in [3.63, 3.8) is 0 Å². The normalized spacial score (nSPS) is 12.4. The van der Waals surface area contributed by atoms with Crippen molar-refractivity contribution >= 4 is 63.7 Å². The molecule has 0 spiro atoms. The minimum Gasteiger partial charge on any atom is -0.399 e. The van der Waals surface area contributed by atoms with E-state index in [4.69, 9.17) is 27.2 Å². The van der Waals surface area contributed by atoms with E-state index in [2.05, 4.69) is 94.2 Å². The molecule has 1 unspecified atom stereocenters. The Morgan fingerprint density at radius 1 is 0.542 bits per heavy atom. The first-order valence-electron chi connectivity index (χ1n) is 19.9. The van der Waals surface area contributed by atoms with Gasteiger partial charge in [-0.2, -0.15) is 0 Å². The number of H-pyrrole nitrogens is 2. The molecule has 290 valence electrons. The number of amides is 1. The molecule has 0 saturated heterocycles. The Kier molecular flexibility index (Phi) is 10.3. The van der Waals surface area contributed by atoms with Crippen molar-refractivity contribution in [2.75, 3.05) is 17.6 Å². The molecule has 0 saturated carbocycles. The van der Waals surface area contributed by atoms with Gasteiger partial charge in [-0.15, -0.1) is 0 Å². The number of nitrogens with zero attached hydrogens (tertiary/aromatic N) is 2. The molecule has 9 rings (SSSR count). The average molecular weight is 773 g/mol. The van der Waals surface area contributed by atoms with Crippen LogP contribution in [0.2, 0.25) is 0 Å². The zero-order valence-corrected chi connectivity index (χ0v) is 32.5. The monoisotopic (exact) mass is 772 g/mol. The number of unbranched alkanes of at least 4 members (excludes halogenated alkanes) is 1. The lowest BCUT2D eigenvalue weighted by Gasteiger charge is -2.13. The number of carbonyl (C=O) groups excluding carboxylic acids is 1. The van der Waals surface area contributed by atoms with Gasteiger partial charge in [-0.1, -0.05) is 91.3 Å². The fraction of sp³-hybridized carbons (Fsp3) is 0.100. The van der Waals surface area contributed by atoms with E-state index in [0.29, 0.717) is 24.3 Å². The first-order chi connectivity index (χ1) is 28.9. The van der Waals surface area contributed by atoms with Gasteiger partial charge in [-0.25, -0.2) is 9.97 Å². The Hall–Kier alpha value is -7.33. The van der Waals surface area contributed by atoms with E-state index < -0.39 is 6.04 Å². The van der Waals surface area contributed by atoms with Crippen LogP contribution in [0.1, 0.15) is 42.0 Å². The zero-order valence-electron chi connectivity index (χ0n) is 32.5. The molecule has 2 aliphatic heterocycles. The predicted octanol–water partition coefficient (Wildman–Crippen LogP) is 10.3. The van der Waals surface area contributed by atoms with Crippen molar-refractivity contribution in [3.05, 3.63) is 156 Å². The summed E-state index contributed by atoms with van der Waals surface area (Å²) in [5.41, 5.74) is 34.0. The van der Waals surface area contributed by atoms with E-state index >= 15 is 0 Å². The van der Waals surface area contributed by atoms with Crippen LogP contribution >= 0.6 is 0 Å². The molecule has 0 fully saturated rings. The van der Waals surface area contributed by atoms with Crippen molar-refractivity contribution < 1.29 is 4.79 Å². The maximum atomic E-state index is 13.2. The highest BCUT2D eigenvalue weighted by molar-refractivity contribution is 6.01. The minimum absolute atomic E-state index is 0.231. The fourth-order valence-corrected chi connectivity index (χ4v) is 7.95. The second-order valence-electron chi connectivity index (χ2n) is 14.8. The van der Waals surface area contributed by atoms with Crippen molar-refractivity contribution in [1.82, 2.24) is 19.9 Å². The highest BCUT2D eigenvalue weighted by atomic mass is 16.2. The molecular weight excluding hydrogens is 729 g/mol. The molecular formula is C50H44N8O. The van der Waals surface area contributed by atoms with Crippen LogP contribution in [-0.4, -0.2) is 38.4 Å². The third-order valence-corrected chi connectivity index (χ3v) is 10.8. The lowest BCUT2D eigenvalue weighted by atomic mass is 10.0. The Bertz CT molecular complexity index is 2890. The highest BCUT2D eigenvalue weighted by Crippen LogP contribution is 2.39. The number of nitrogens with one attached hydrogen (secondary N) is 3. The third kappa shape index (κ3) is 7.60. The van der Waals surface area contributed by atoms with Crippen molar-refractivity contribution in [2.24, 2.45) is 11.5 Å². The molecule has 9 N–H and O–H groups in total. The first kappa shape index (κ1) is 37.3. The maximum Gasteiger partial charge on any atom is 0.241 e. The molecule has 1 amide bonds. The molecule has 9 nitrogen and oxygen atoms in total. The van der Waals surface area contributed by atoms with Crippen LogP contribution in [0, 0.1) is 0 Å². The van der Waals surface area contributed by atoms with E-state index in [1.165, 1.54) is 0 Å². The van der Waals surface area contributed by atoms with E-state index in [9.17, 15) is 4.79 Å². The van der Waals surface area contributed by atoms with Crippen molar-refractivity contribution in [2.45, 2.75) is 25.3 Å². The van der Waals surface area contributed by atoms with E-state index in [0.717, 1.165) is 102 Å². The lowest BCUT2D eigenvalue weighted by Crippen LogP contribution is -2.35. The molecule has 0 radical (unpaired) electrons. The number of rotatable bonds is 10. The fourth-order valence-electron chi connectivity index (χ4n) is 7.95. The Morgan fingerprint density at radius 3 is 1.46 bits per heavy atom. The lowest BCUT2D eigenvalue weighted by molar-refractivity contribution is -0.117. The predicted molar refractivity (Wildman–Crippen MR) is 245 cm³/mol. The molecule has 3 aromatic heterocycles. The first-order valence-corrected chi connectivity index (χ1v) is 19.9. The number of fused-ring (bicyclic) bond motifs is 8. The number of anilines is 2. The third-order valence-electron chi connectivity index (χ3n) is 10.8. The summed E-state index contributed by atoms with van der Waals surface area (Å²) in [5, 5.41) is 3.05. The van der Waals surface area contributed by atoms with Gasteiger partial charge in [0, 0.05) is 55.7 Å². The van der Waals surface area contributed by atoms with E-state index in [1.54, 1.807) is 0 Å². The van der Waals surface area contributed by atoms with Gasteiger partial charge in [0.2, 0.25) is 5.91 Å². The Balaban J connectivity index is 1.35. The van der Waals surface area contributed by atoms with Crippen LogP contribution in [0.5, 0.6) is 0 Å². The number of hydrogen-bond acceptors (Lipinski definition) is 6. The number of carbonyl (C=O) groups is 1. The molecule has 9 heteroatoms. The Morgan fingerprint density at radius 2 is 0.983 bits per heavy atom. The van der Waals surface area contributed by atoms with E-state index in [-0.39, 0.29) is 5.91 Å². The molecule has 8 bridgehead atoms. The maximum absolute atomic E-state index is 13.2. The molecule has 5 heterocycles. The quantitative estimate of drug-likeness (QED) is 0.0598. The van der Waals surface area contributed by atoms with Crippen molar-refractivity contribution in [1.29, 1.82) is 0 Å².